The highest BCUT2D eigenvalue weighted by atomic mass is 16.5. The van der Waals surface area contributed by atoms with Gasteiger partial charge in [0.2, 0.25) is 0 Å². The predicted molar refractivity (Wildman–Crippen MR) is 114 cm³/mol. The fraction of sp³-hybridized carbons (Fsp3) is 0.682. The number of aliphatic hydroxyl groups is 1. The quantitative estimate of drug-likeness (QED) is 0.500. The molecule has 28 heavy (non-hydrogen) atoms. The molecule has 0 bridgehead atoms. The van der Waals surface area contributed by atoms with Crippen molar-refractivity contribution < 1.29 is 14.6 Å². The number of guanidine groups is 1. The molecular formula is C22H37N3O3. The van der Waals surface area contributed by atoms with Crippen molar-refractivity contribution in [3.63, 3.8) is 0 Å². The molecule has 0 spiro atoms. The number of rotatable bonds is 9. The van der Waals surface area contributed by atoms with Crippen molar-refractivity contribution in [2.75, 3.05) is 40.5 Å². The Morgan fingerprint density at radius 1 is 1.14 bits per heavy atom. The van der Waals surface area contributed by atoms with Crippen LogP contribution in [0.4, 0.5) is 0 Å². The van der Waals surface area contributed by atoms with E-state index in [0.29, 0.717) is 0 Å². The van der Waals surface area contributed by atoms with Gasteiger partial charge in [-0.15, -0.1) is 0 Å². The fourth-order valence-corrected chi connectivity index (χ4v) is 3.88. The zero-order valence-electron chi connectivity index (χ0n) is 18.2. The Morgan fingerprint density at radius 3 is 2.32 bits per heavy atom. The first-order valence-electron chi connectivity index (χ1n) is 10.4. The topological polar surface area (TPSA) is 66.3 Å². The first kappa shape index (κ1) is 22.3. The Balaban J connectivity index is 2.23. The maximum atomic E-state index is 9.49. The van der Waals surface area contributed by atoms with E-state index in [9.17, 15) is 5.11 Å². The minimum Gasteiger partial charge on any atom is -0.493 e. The van der Waals surface area contributed by atoms with Crippen LogP contribution in [0.25, 0.3) is 0 Å². The summed E-state index contributed by atoms with van der Waals surface area (Å²) in [5.74, 6) is 2.51. The third kappa shape index (κ3) is 5.10. The molecule has 6 heteroatoms. The van der Waals surface area contributed by atoms with Gasteiger partial charge in [-0.05, 0) is 61.3 Å². The first-order chi connectivity index (χ1) is 13.6. The van der Waals surface area contributed by atoms with E-state index in [1.807, 2.05) is 0 Å². The largest absolute Gasteiger partial charge is 0.493 e. The lowest BCUT2D eigenvalue weighted by molar-refractivity contribution is 0.175. The summed E-state index contributed by atoms with van der Waals surface area (Å²) in [7, 11) is 3.35. The van der Waals surface area contributed by atoms with Crippen LogP contribution in [0, 0.1) is 5.41 Å². The number of hydrogen-bond acceptors (Lipinski definition) is 4. The number of fused-ring (bicyclic) bond motifs is 1. The van der Waals surface area contributed by atoms with Crippen molar-refractivity contribution in [3.05, 3.63) is 23.3 Å². The number of aliphatic imine (C=N–C) groups is 1. The van der Waals surface area contributed by atoms with Crippen LogP contribution in [0.5, 0.6) is 11.5 Å². The number of nitrogens with one attached hydrogen (secondary N) is 1. The van der Waals surface area contributed by atoms with Gasteiger partial charge in [-0.25, -0.2) is 0 Å². The van der Waals surface area contributed by atoms with Gasteiger partial charge in [0.25, 0.3) is 0 Å². The van der Waals surface area contributed by atoms with Crippen molar-refractivity contribution in [1.29, 1.82) is 0 Å². The molecule has 0 unspecified atom stereocenters. The number of ether oxygens (including phenoxy) is 2. The van der Waals surface area contributed by atoms with Crippen molar-refractivity contribution in [2.24, 2.45) is 10.4 Å². The summed E-state index contributed by atoms with van der Waals surface area (Å²) in [5, 5.41) is 12.9. The summed E-state index contributed by atoms with van der Waals surface area (Å²) in [6.07, 6.45) is 3.78. The molecule has 1 aliphatic rings. The zero-order valence-corrected chi connectivity index (χ0v) is 18.2. The van der Waals surface area contributed by atoms with Gasteiger partial charge >= 0.3 is 0 Å². The Bertz CT molecular complexity index is 657. The van der Waals surface area contributed by atoms with Gasteiger partial charge in [0, 0.05) is 32.8 Å². The second-order valence-corrected chi connectivity index (χ2v) is 7.50. The van der Waals surface area contributed by atoms with Crippen LogP contribution in [-0.2, 0) is 13.0 Å². The molecule has 2 N–H and O–H groups in total. The Kier molecular flexibility index (Phi) is 8.42. The van der Waals surface area contributed by atoms with E-state index in [-0.39, 0.29) is 12.0 Å². The van der Waals surface area contributed by atoms with Gasteiger partial charge < -0.3 is 24.8 Å². The fourth-order valence-electron chi connectivity index (χ4n) is 3.88. The lowest BCUT2D eigenvalue weighted by Gasteiger charge is -2.34. The highest BCUT2D eigenvalue weighted by Gasteiger charge is 2.27. The molecule has 0 saturated carbocycles. The van der Waals surface area contributed by atoms with Gasteiger partial charge in [-0.3, -0.25) is 4.99 Å². The second-order valence-electron chi connectivity index (χ2n) is 7.50. The molecule has 1 aliphatic heterocycles. The van der Waals surface area contributed by atoms with Crippen molar-refractivity contribution in [3.8, 4) is 11.5 Å². The maximum absolute atomic E-state index is 9.49. The molecule has 1 aromatic rings. The molecular weight excluding hydrogens is 354 g/mol. The minimum absolute atomic E-state index is 0.0691. The van der Waals surface area contributed by atoms with Crippen molar-refractivity contribution >= 4 is 5.96 Å². The van der Waals surface area contributed by atoms with Crippen LogP contribution in [0.2, 0.25) is 0 Å². The van der Waals surface area contributed by atoms with Gasteiger partial charge in [-0.1, -0.05) is 13.8 Å². The van der Waals surface area contributed by atoms with Crippen LogP contribution < -0.4 is 14.8 Å². The smallest absolute Gasteiger partial charge is 0.194 e. The molecule has 0 atom stereocenters. The highest BCUT2D eigenvalue weighted by molar-refractivity contribution is 5.80. The molecule has 6 nitrogen and oxygen atoms in total. The Morgan fingerprint density at radius 2 is 1.79 bits per heavy atom. The molecule has 0 aromatic heterocycles. The van der Waals surface area contributed by atoms with Crippen LogP contribution in [0.1, 0.15) is 51.2 Å². The first-order valence-corrected chi connectivity index (χ1v) is 10.4. The number of benzene rings is 1. The molecule has 2 rings (SSSR count). The summed E-state index contributed by atoms with van der Waals surface area (Å²) >= 11 is 0. The average molecular weight is 392 g/mol. The normalized spacial score (nSPS) is 14.6. The Labute approximate surface area is 169 Å². The van der Waals surface area contributed by atoms with Crippen molar-refractivity contribution in [1.82, 2.24) is 10.2 Å². The molecule has 158 valence electrons. The lowest BCUT2D eigenvalue weighted by Crippen LogP contribution is -2.44. The predicted octanol–water partition coefficient (Wildman–Crippen LogP) is 3.22. The van der Waals surface area contributed by atoms with E-state index >= 15 is 0 Å². The zero-order chi connectivity index (χ0) is 20.6. The SMILES string of the molecule is CCNC(=NCC(CC)(CC)CCO)N1CCc2cc(OC)c(OC)cc2C1. The summed E-state index contributed by atoms with van der Waals surface area (Å²) in [5.41, 5.74) is 2.63. The number of methoxy groups -OCH3 is 2. The summed E-state index contributed by atoms with van der Waals surface area (Å²) in [4.78, 5) is 7.30. The minimum atomic E-state index is 0.0691. The van der Waals surface area contributed by atoms with Gasteiger partial charge in [0.15, 0.2) is 17.5 Å². The molecule has 0 fully saturated rings. The van der Waals surface area contributed by atoms with Crippen LogP contribution in [0.3, 0.4) is 0 Å². The average Bonchev–Trinajstić information content (AvgIpc) is 2.74. The van der Waals surface area contributed by atoms with E-state index < -0.39 is 0 Å². The Hall–Kier alpha value is -1.95. The number of nitrogens with zero attached hydrogens (tertiary/aromatic N) is 2. The molecule has 1 aromatic carbocycles. The second kappa shape index (κ2) is 10.6. The maximum Gasteiger partial charge on any atom is 0.194 e. The molecule has 0 aliphatic carbocycles. The molecule has 0 saturated heterocycles. The molecule has 0 radical (unpaired) electrons. The van der Waals surface area contributed by atoms with E-state index in [1.165, 1.54) is 11.1 Å². The molecule has 1 heterocycles. The van der Waals surface area contributed by atoms with Crippen LogP contribution in [-0.4, -0.2) is 56.4 Å². The monoisotopic (exact) mass is 391 g/mol. The third-order valence-electron chi connectivity index (χ3n) is 6.06. The van der Waals surface area contributed by atoms with E-state index in [1.54, 1.807) is 14.2 Å². The van der Waals surface area contributed by atoms with Crippen LogP contribution >= 0.6 is 0 Å². The van der Waals surface area contributed by atoms with E-state index in [4.69, 9.17) is 14.5 Å². The van der Waals surface area contributed by atoms with Crippen molar-refractivity contribution in [2.45, 2.75) is 53.0 Å². The van der Waals surface area contributed by atoms with Gasteiger partial charge in [0.1, 0.15) is 0 Å². The van der Waals surface area contributed by atoms with Gasteiger partial charge in [-0.2, -0.15) is 0 Å². The van der Waals surface area contributed by atoms with E-state index in [2.05, 4.69) is 43.1 Å². The third-order valence-corrected chi connectivity index (χ3v) is 6.06. The number of hydrogen-bond donors (Lipinski definition) is 2. The summed E-state index contributed by atoms with van der Waals surface area (Å²) in [6.45, 7) is 9.98. The standard InChI is InChI=1S/C22H37N3O3/c1-6-22(7-2,10-12-26)16-24-21(23-8-3)25-11-9-17-13-19(27-4)20(28-5)14-18(17)15-25/h13-14,26H,6-12,15-16H2,1-5H3,(H,23,24). The van der Waals surface area contributed by atoms with E-state index in [0.717, 1.165) is 69.3 Å². The lowest BCUT2D eigenvalue weighted by atomic mass is 9.79. The van der Waals surface area contributed by atoms with Gasteiger partial charge in [0.05, 0.1) is 14.2 Å². The summed E-state index contributed by atoms with van der Waals surface area (Å²) in [6, 6.07) is 4.17. The van der Waals surface area contributed by atoms with Crippen LogP contribution in [0.15, 0.2) is 17.1 Å². The summed E-state index contributed by atoms with van der Waals surface area (Å²) < 4.78 is 10.9. The number of aliphatic hydroxyl groups excluding tert-OH is 1. The molecule has 0 amide bonds. The highest BCUT2D eigenvalue weighted by Crippen LogP contribution is 2.34.